The number of fused-ring (bicyclic) bond motifs is 10. The Morgan fingerprint density at radius 1 is 0.531 bits per heavy atom. The van der Waals surface area contributed by atoms with Gasteiger partial charge in [-0.2, -0.15) is 0 Å². The number of aliphatic carboxylic acids is 1. The van der Waals surface area contributed by atoms with Crippen molar-refractivity contribution in [3.63, 3.8) is 0 Å². The van der Waals surface area contributed by atoms with E-state index in [0.29, 0.717) is 5.69 Å². The number of aromatic nitrogens is 4. The smallest absolute Gasteiger partial charge is 0.303 e. The number of aliphatic hydroxyl groups excluding tert-OH is 2. The third kappa shape index (κ3) is 28.3. The summed E-state index contributed by atoms with van der Waals surface area (Å²) in [6.45, 7) is 4.74. The van der Waals surface area contributed by atoms with Gasteiger partial charge in [0.2, 0.25) is 100 Å². The fraction of sp³-hybridized carbons (Fsp3) is 0.636. The van der Waals surface area contributed by atoms with Crippen LogP contribution in [0.4, 0.5) is 0 Å². The molecule has 6 heterocycles. The number of carboxylic acid groups (broad SMARTS) is 1. The van der Waals surface area contributed by atoms with Gasteiger partial charge in [0.15, 0.2) is 0 Å². The van der Waals surface area contributed by atoms with Gasteiger partial charge in [-0.3, -0.25) is 86.3 Å². The molecular formula is C66H100N22O21S4. The van der Waals surface area contributed by atoms with E-state index in [9.17, 15) is 102 Å². The average Bonchev–Trinajstić information content (AvgIpc) is 1.77. The van der Waals surface area contributed by atoms with Crippen LogP contribution < -0.4 is 86.3 Å². The van der Waals surface area contributed by atoms with E-state index in [-0.39, 0.29) is 69.6 Å². The van der Waals surface area contributed by atoms with Crippen molar-refractivity contribution >= 4 is 150 Å². The summed E-state index contributed by atoms with van der Waals surface area (Å²) >= 11 is 0. The van der Waals surface area contributed by atoms with Crippen molar-refractivity contribution in [1.29, 1.82) is 0 Å². The molecule has 113 heavy (non-hydrogen) atoms. The van der Waals surface area contributed by atoms with Gasteiger partial charge in [-0.25, -0.2) is 9.97 Å². The molecule has 24 N–H and O–H groups in total. The lowest BCUT2D eigenvalue weighted by Gasteiger charge is -2.31. The molecule has 2 aromatic rings. The van der Waals surface area contributed by atoms with Gasteiger partial charge in [0.1, 0.15) is 90.6 Å². The molecule has 0 unspecified atom stereocenters. The molecule has 0 spiro atoms. The maximum atomic E-state index is 14.9. The summed E-state index contributed by atoms with van der Waals surface area (Å²) in [4.78, 5) is 270. The highest BCUT2D eigenvalue weighted by Crippen LogP contribution is 2.27. The largest absolute Gasteiger partial charge is 0.481 e. The first-order valence-electron chi connectivity index (χ1n) is 36.3. The highest BCUT2D eigenvalue weighted by atomic mass is 33.1. The molecule has 15 atom stereocenters. The van der Waals surface area contributed by atoms with Gasteiger partial charge in [-0.05, 0) is 63.7 Å². The molecule has 4 aliphatic rings. The Kier molecular flexibility index (Phi) is 36.8. The molecule has 4 saturated heterocycles. The summed E-state index contributed by atoms with van der Waals surface area (Å²) in [5.41, 5.74) is 17.7. The predicted molar refractivity (Wildman–Crippen MR) is 407 cm³/mol. The van der Waals surface area contributed by atoms with Crippen LogP contribution in [0.25, 0.3) is 0 Å². The summed E-state index contributed by atoms with van der Waals surface area (Å²) in [5, 5.41) is 63.2. The lowest BCUT2D eigenvalue weighted by Crippen LogP contribution is -2.62. The number of hydrogen-bond donors (Lipinski definition) is 21. The second-order valence-corrected chi connectivity index (χ2v) is 32.9. The SMILES string of the molecule is CC(C)C[C@@H]1NC(=O)[C@H](CCC(=O)O)NC(=O)[C@@H]2CCCN2C(=O)[C@H](Cc2cnc[nH]2)NC(=O)[C@H](CC(N)=O)NC(=O)[C@H](C(C)C)NC(=O)[C@H](CO)NC(=O)[C@@H]2CSSC[C@H](NC(=O)CN)C(=O)N[C@@H](CSSC[C@@H](C(N)=O)NC1=O)C(=O)N[C@@H](CCO)C(=O)N[C@@H](Cc1cnc[nH]1)C(=O)N1CCC[C@H]1C(=O)N[C@@H](C)C(=O)N2. The molecule has 6 rings (SSSR count). The Labute approximate surface area is 663 Å². The third-order valence-electron chi connectivity index (χ3n) is 18.3. The van der Waals surface area contributed by atoms with Crippen molar-refractivity contribution in [2.24, 2.45) is 29.0 Å². The average molecular weight is 1670 g/mol. The van der Waals surface area contributed by atoms with Crippen LogP contribution in [0, 0.1) is 11.8 Å². The minimum atomic E-state index is -1.95. The minimum absolute atomic E-state index is 0.0419. The molecule has 2 aromatic heterocycles. The number of nitrogens with zero attached hydrogens (tertiary/aromatic N) is 4. The Bertz CT molecular complexity index is 3730. The number of carbonyl (C=O) groups is 18. The Morgan fingerprint density at radius 2 is 0.991 bits per heavy atom. The van der Waals surface area contributed by atoms with E-state index >= 15 is 0 Å². The van der Waals surface area contributed by atoms with Crippen LogP contribution in [0.3, 0.4) is 0 Å². The van der Waals surface area contributed by atoms with Gasteiger partial charge in [-0.1, -0.05) is 70.9 Å². The number of hydrogen-bond acceptors (Lipinski definition) is 27. The topological polar surface area (TPSA) is 666 Å². The number of primary amides is 2. The maximum Gasteiger partial charge on any atom is 0.303 e. The number of nitrogens with one attached hydrogen (secondary N) is 15. The summed E-state index contributed by atoms with van der Waals surface area (Å²) < 4.78 is 0. The van der Waals surface area contributed by atoms with E-state index in [1.54, 1.807) is 13.8 Å². The molecule has 0 saturated carbocycles. The molecule has 4 aliphatic heterocycles. The Hall–Kier alpha value is -9.84. The fourth-order valence-electron chi connectivity index (χ4n) is 12.2. The maximum absolute atomic E-state index is 14.9. The second-order valence-electron chi connectivity index (χ2n) is 27.8. The van der Waals surface area contributed by atoms with Crippen LogP contribution in [-0.2, 0) is 99.1 Å². The minimum Gasteiger partial charge on any atom is -0.481 e. The van der Waals surface area contributed by atoms with Gasteiger partial charge in [-0.15, -0.1) is 0 Å². The van der Waals surface area contributed by atoms with Crippen molar-refractivity contribution in [1.82, 2.24) is 98.9 Å². The number of carboxylic acids is 1. The molecule has 0 radical (unpaired) electrons. The fourth-order valence-corrected chi connectivity index (χ4v) is 16.9. The number of aliphatic hydroxyl groups is 2. The van der Waals surface area contributed by atoms with Crippen molar-refractivity contribution < 1.29 is 102 Å². The number of H-pyrrole nitrogens is 2. The van der Waals surface area contributed by atoms with E-state index in [0.717, 1.165) is 48.1 Å². The molecule has 17 amide bonds. The van der Waals surface area contributed by atoms with Crippen molar-refractivity contribution in [2.75, 3.05) is 55.9 Å². The number of rotatable bonds is 18. The van der Waals surface area contributed by atoms with Crippen LogP contribution in [0.2, 0.25) is 0 Å². The van der Waals surface area contributed by atoms with Crippen LogP contribution in [0.15, 0.2) is 25.0 Å². The van der Waals surface area contributed by atoms with Crippen LogP contribution in [0.1, 0.15) is 104 Å². The zero-order valence-electron chi connectivity index (χ0n) is 62.6. The van der Waals surface area contributed by atoms with E-state index in [1.165, 1.54) is 50.7 Å². The lowest BCUT2D eigenvalue weighted by atomic mass is 10.0. The van der Waals surface area contributed by atoms with Gasteiger partial charge < -0.3 is 121 Å². The van der Waals surface area contributed by atoms with E-state index in [4.69, 9.17) is 17.2 Å². The second kappa shape index (κ2) is 45.2. The number of aromatic amines is 2. The quantitative estimate of drug-likeness (QED) is 0.0616. The number of carbonyl (C=O) groups excluding carboxylic acids is 17. The zero-order chi connectivity index (χ0) is 83.3. The molecule has 624 valence electrons. The van der Waals surface area contributed by atoms with E-state index in [2.05, 4.69) is 89.1 Å². The van der Waals surface area contributed by atoms with Crippen molar-refractivity contribution in [2.45, 2.75) is 196 Å². The molecule has 2 bridgehead atoms. The molecular weight excluding hydrogens is 1570 g/mol. The summed E-state index contributed by atoms with van der Waals surface area (Å²) in [6.07, 6.45) is 2.17. The predicted octanol–water partition coefficient (Wildman–Crippen LogP) is -8.73. The Morgan fingerprint density at radius 3 is 1.48 bits per heavy atom. The number of nitrogens with two attached hydrogens (primary N) is 3. The van der Waals surface area contributed by atoms with E-state index < -0.39 is 271 Å². The monoisotopic (exact) mass is 1660 g/mol. The third-order valence-corrected chi connectivity index (χ3v) is 23.1. The summed E-state index contributed by atoms with van der Waals surface area (Å²) in [5.74, 6) is -22.2. The molecule has 0 aromatic carbocycles. The highest BCUT2D eigenvalue weighted by Gasteiger charge is 2.44. The first-order chi connectivity index (χ1) is 53.6. The highest BCUT2D eigenvalue weighted by molar-refractivity contribution is 8.77. The van der Waals surface area contributed by atoms with Gasteiger partial charge in [0.25, 0.3) is 0 Å². The summed E-state index contributed by atoms with van der Waals surface area (Å²) in [6, 6.07) is -24.4. The molecule has 43 nitrogen and oxygen atoms in total. The van der Waals surface area contributed by atoms with Crippen LogP contribution >= 0.6 is 43.2 Å². The lowest BCUT2D eigenvalue weighted by molar-refractivity contribution is -0.143. The van der Waals surface area contributed by atoms with Gasteiger partial charge in [0, 0.05) is 85.8 Å². The van der Waals surface area contributed by atoms with Crippen molar-refractivity contribution in [3.05, 3.63) is 36.4 Å². The van der Waals surface area contributed by atoms with Crippen LogP contribution in [0.5, 0.6) is 0 Å². The standard InChI is InChI=1S/C66H100N22O21S4/c1-30(2)16-37-56(99)83-42(52(69)95)24-110-112-27-45-60(103)76-36(12-15-89)55(98)80-39(17-33-21-70-28-72-33)65(108)87-13-6-8-46(87)62(105)74-32(5)53(96)84-44(26-113-111-25-43(59(102)85-45)75-49(92)20-67)61(104)82-41(23-90)58(101)86-51(31(3)4)64(107)79-38(19-48(68)91)57(100)81-40(18-34-22-71-29-73-34)66(109)88-14-7-9-47(88)63(106)77-35(54(97)78-37)10-11-50(93)94/h21-22,28-32,35-47,51,89-90H,6-20,23-27,67H2,1-5H3,(H2,68,91)(H2,69,95)(H,70,72)(H,71,73)(H,74,105)(H,75,92)(H,76,103)(H,77,106)(H,78,97)(H,79,107)(H,80,98)(H,81,100)(H,82,104)(H,83,99)(H,84,96)(H,85,102)(H,86,101)(H,93,94)/t32-,35-,36-,37-,38-,39-,40-,41-,42-,43-,44-,45-,46-,47-,51-/m0/s1. The number of imidazole rings is 2. The molecule has 0 aliphatic carbocycles. The first-order valence-corrected chi connectivity index (χ1v) is 41.3. The summed E-state index contributed by atoms with van der Waals surface area (Å²) in [7, 11) is 3.22. The van der Waals surface area contributed by atoms with Gasteiger partial charge in [0.05, 0.1) is 32.2 Å². The first kappa shape index (κ1) is 92.0. The molecule has 47 heteroatoms. The van der Waals surface area contributed by atoms with E-state index in [1.807, 2.05) is 0 Å². The molecule has 4 fully saturated rings. The Balaban J connectivity index is 1.45. The van der Waals surface area contributed by atoms with Gasteiger partial charge >= 0.3 is 5.97 Å². The van der Waals surface area contributed by atoms with Crippen LogP contribution in [-0.4, -0.2) is 298 Å². The number of amides is 17. The van der Waals surface area contributed by atoms with Crippen molar-refractivity contribution in [3.8, 4) is 0 Å². The normalized spacial score (nSPS) is 27.8. The zero-order valence-corrected chi connectivity index (χ0v) is 65.9.